The summed E-state index contributed by atoms with van der Waals surface area (Å²) in [7, 11) is 0. The van der Waals surface area contributed by atoms with E-state index in [1.54, 1.807) is 4.68 Å². The van der Waals surface area contributed by atoms with Crippen LogP contribution in [-0.2, 0) is 25.8 Å². The minimum absolute atomic E-state index is 0.0383. The lowest BCUT2D eigenvalue weighted by Crippen LogP contribution is -2.35. The summed E-state index contributed by atoms with van der Waals surface area (Å²) in [6.45, 7) is 5.07. The fourth-order valence-electron chi connectivity index (χ4n) is 5.65. The summed E-state index contributed by atoms with van der Waals surface area (Å²) in [5.41, 5.74) is 10.8. The third-order valence-corrected chi connectivity index (χ3v) is 7.61. The molecule has 4 aromatic rings. The van der Waals surface area contributed by atoms with Gasteiger partial charge in [0.1, 0.15) is 11.6 Å². The number of aliphatic hydroxyl groups excluding tert-OH is 1. The largest absolute Gasteiger partial charge is 0.394 e. The maximum atomic E-state index is 15.8. The second kappa shape index (κ2) is 11.6. The molecule has 1 aliphatic heterocycles. The Balaban J connectivity index is 1.72. The van der Waals surface area contributed by atoms with Gasteiger partial charge in [0.25, 0.3) is 0 Å². The Morgan fingerprint density at radius 2 is 1.75 bits per heavy atom. The first kappa shape index (κ1) is 27.5. The summed E-state index contributed by atoms with van der Waals surface area (Å²) < 4.78 is 32.8. The molecule has 208 valence electrons. The molecule has 2 heterocycles. The molecule has 40 heavy (non-hydrogen) atoms. The lowest BCUT2D eigenvalue weighted by Gasteiger charge is -2.33. The molecule has 3 aromatic carbocycles. The van der Waals surface area contributed by atoms with Gasteiger partial charge in [0, 0.05) is 36.7 Å². The molecule has 0 aliphatic carbocycles. The summed E-state index contributed by atoms with van der Waals surface area (Å²) in [5, 5.41) is 17.5. The van der Waals surface area contributed by atoms with Crippen LogP contribution in [0.2, 0.25) is 0 Å². The Morgan fingerprint density at radius 1 is 1.05 bits per heavy atom. The van der Waals surface area contributed by atoms with Crippen LogP contribution in [0.1, 0.15) is 47.8 Å². The van der Waals surface area contributed by atoms with Gasteiger partial charge < -0.3 is 16.2 Å². The van der Waals surface area contributed by atoms with Gasteiger partial charge in [-0.15, -0.1) is 0 Å². The highest BCUT2D eigenvalue weighted by Crippen LogP contribution is 2.39. The van der Waals surface area contributed by atoms with Crippen LogP contribution < -0.4 is 11.1 Å². The molecule has 1 unspecified atom stereocenters. The lowest BCUT2D eigenvalue weighted by atomic mass is 9.96. The number of nitrogens with two attached hydrogens (primary N) is 1. The first-order valence-electron chi connectivity index (χ1n) is 13.5. The molecule has 0 bridgehead atoms. The van der Waals surface area contributed by atoms with Crippen LogP contribution in [0.4, 0.5) is 19.3 Å². The molecule has 1 atom stereocenters. The van der Waals surface area contributed by atoms with Crippen LogP contribution in [0.3, 0.4) is 0 Å². The summed E-state index contributed by atoms with van der Waals surface area (Å²) in [6, 6.07) is 16.6. The minimum atomic E-state index is -0.982. The van der Waals surface area contributed by atoms with Gasteiger partial charge in [-0.1, -0.05) is 62.4 Å². The van der Waals surface area contributed by atoms with E-state index in [-0.39, 0.29) is 23.9 Å². The molecule has 0 saturated heterocycles. The van der Waals surface area contributed by atoms with Gasteiger partial charge in [-0.25, -0.2) is 18.3 Å². The number of nitrogens with zero attached hydrogens (tertiary/aromatic N) is 3. The number of rotatable bonds is 8. The van der Waals surface area contributed by atoms with E-state index in [1.807, 2.05) is 48.5 Å². The molecule has 2 amide bonds. The molecular formula is C31H33F2N5O2. The van der Waals surface area contributed by atoms with E-state index in [0.717, 1.165) is 58.6 Å². The van der Waals surface area contributed by atoms with E-state index in [2.05, 4.69) is 24.1 Å². The van der Waals surface area contributed by atoms with Crippen LogP contribution in [0.25, 0.3) is 16.9 Å². The van der Waals surface area contributed by atoms with E-state index >= 15 is 8.78 Å². The standard InChI is InChI=1S/C31H33F2N5O2/c1-3-19-11-8-12-20(4-2)29(19)38-30(22-15-25(33)27(16-24(22)32)35-31(34)40)23-17-37(14-13-26(23)36-38)28(18-39)21-9-6-5-7-10-21/h5-12,15-16,28,39H,3-4,13-14,17-18H2,1-2H3,(H3,34,35,40). The van der Waals surface area contributed by atoms with Gasteiger partial charge in [-0.2, -0.15) is 5.10 Å². The normalized spacial score (nSPS) is 14.1. The summed E-state index contributed by atoms with van der Waals surface area (Å²) in [4.78, 5) is 13.5. The van der Waals surface area contributed by atoms with Crippen LogP contribution in [0.15, 0.2) is 60.7 Å². The Morgan fingerprint density at radius 3 is 2.38 bits per heavy atom. The first-order valence-corrected chi connectivity index (χ1v) is 13.5. The summed E-state index contributed by atoms with van der Waals surface area (Å²) in [5.74, 6) is -1.51. The Hall–Kier alpha value is -4.08. The smallest absolute Gasteiger partial charge is 0.316 e. The zero-order valence-corrected chi connectivity index (χ0v) is 22.6. The van der Waals surface area contributed by atoms with Gasteiger partial charge >= 0.3 is 6.03 Å². The first-order chi connectivity index (χ1) is 19.4. The number of aromatic nitrogens is 2. The molecule has 1 aliphatic rings. The van der Waals surface area contributed by atoms with Crippen molar-refractivity contribution in [1.29, 1.82) is 0 Å². The molecular weight excluding hydrogens is 512 g/mol. The Bertz CT molecular complexity index is 1510. The Kier molecular flexibility index (Phi) is 7.95. The van der Waals surface area contributed by atoms with Crippen LogP contribution in [-0.4, -0.2) is 39.0 Å². The zero-order chi connectivity index (χ0) is 28.4. The predicted molar refractivity (Wildman–Crippen MR) is 151 cm³/mol. The van der Waals surface area contributed by atoms with Crippen molar-refractivity contribution in [3.05, 3.63) is 100 Å². The quantitative estimate of drug-likeness (QED) is 0.272. The highest BCUT2D eigenvalue weighted by Gasteiger charge is 2.32. The molecule has 0 spiro atoms. The van der Waals surface area contributed by atoms with Crippen molar-refractivity contribution in [2.24, 2.45) is 5.73 Å². The van der Waals surface area contributed by atoms with E-state index in [4.69, 9.17) is 10.8 Å². The van der Waals surface area contributed by atoms with Crippen LogP contribution in [0, 0.1) is 11.6 Å². The number of primary amides is 1. The number of amides is 2. The fourth-order valence-corrected chi connectivity index (χ4v) is 5.65. The lowest BCUT2D eigenvalue weighted by molar-refractivity contribution is 0.111. The van der Waals surface area contributed by atoms with Crippen LogP contribution >= 0.6 is 0 Å². The van der Waals surface area contributed by atoms with E-state index < -0.39 is 17.7 Å². The number of carbonyl (C=O) groups excluding carboxylic acids is 1. The van der Waals surface area contributed by atoms with Crippen molar-refractivity contribution in [2.45, 2.75) is 45.7 Å². The number of aliphatic hydroxyl groups is 1. The highest BCUT2D eigenvalue weighted by molar-refractivity contribution is 5.88. The number of hydrogen-bond acceptors (Lipinski definition) is 4. The van der Waals surface area contributed by atoms with Crippen molar-refractivity contribution in [3.63, 3.8) is 0 Å². The second-order valence-electron chi connectivity index (χ2n) is 9.95. The average molecular weight is 546 g/mol. The van der Waals surface area contributed by atoms with Crippen molar-refractivity contribution in [3.8, 4) is 16.9 Å². The van der Waals surface area contributed by atoms with E-state index in [1.165, 1.54) is 0 Å². The van der Waals surface area contributed by atoms with Crippen molar-refractivity contribution >= 4 is 11.7 Å². The molecule has 4 N–H and O–H groups in total. The van der Waals surface area contributed by atoms with Gasteiger partial charge in [0.15, 0.2) is 0 Å². The van der Waals surface area contributed by atoms with Crippen molar-refractivity contribution < 1.29 is 18.7 Å². The SMILES string of the molecule is CCc1cccc(CC)c1-n1nc2c(c1-c1cc(F)c(NC(N)=O)cc1F)CN(C(CO)c1ccccc1)CC2. The monoisotopic (exact) mass is 545 g/mol. The van der Waals surface area contributed by atoms with Gasteiger partial charge in [-0.3, -0.25) is 4.90 Å². The second-order valence-corrected chi connectivity index (χ2v) is 9.95. The van der Waals surface area contributed by atoms with Gasteiger partial charge in [-0.05, 0) is 35.6 Å². The third kappa shape index (κ3) is 5.10. The number of aryl methyl sites for hydroxylation is 2. The topological polar surface area (TPSA) is 96.4 Å². The van der Waals surface area contributed by atoms with Crippen LogP contribution in [0.5, 0.6) is 0 Å². The third-order valence-electron chi connectivity index (χ3n) is 7.61. The maximum absolute atomic E-state index is 15.8. The zero-order valence-electron chi connectivity index (χ0n) is 22.6. The molecule has 5 rings (SSSR count). The number of anilines is 1. The molecule has 9 heteroatoms. The van der Waals surface area contributed by atoms with E-state index in [9.17, 15) is 9.90 Å². The van der Waals surface area contributed by atoms with Gasteiger partial charge in [0.05, 0.1) is 35.4 Å². The molecule has 1 aromatic heterocycles. The number of urea groups is 1. The predicted octanol–water partition coefficient (Wildman–Crippen LogP) is 5.52. The van der Waals surface area contributed by atoms with Gasteiger partial charge in [0.2, 0.25) is 0 Å². The molecule has 0 fully saturated rings. The maximum Gasteiger partial charge on any atom is 0.316 e. The highest BCUT2D eigenvalue weighted by atomic mass is 19.1. The molecule has 7 nitrogen and oxygen atoms in total. The number of carbonyl (C=O) groups is 1. The number of hydrogen-bond donors (Lipinski definition) is 3. The summed E-state index contributed by atoms with van der Waals surface area (Å²) >= 11 is 0. The van der Waals surface area contributed by atoms with E-state index in [0.29, 0.717) is 25.2 Å². The minimum Gasteiger partial charge on any atom is -0.394 e. The van der Waals surface area contributed by atoms with Crippen molar-refractivity contribution in [1.82, 2.24) is 14.7 Å². The number of para-hydroxylation sites is 1. The fraction of sp³-hybridized carbons (Fsp3) is 0.290. The summed E-state index contributed by atoms with van der Waals surface area (Å²) in [6.07, 6.45) is 2.05. The number of halogens is 2. The number of fused-ring (bicyclic) bond motifs is 1. The number of benzene rings is 3. The van der Waals surface area contributed by atoms with Crippen molar-refractivity contribution in [2.75, 3.05) is 18.5 Å². The number of nitrogens with one attached hydrogen (secondary N) is 1. The Labute approximate surface area is 232 Å². The molecule has 0 saturated carbocycles. The average Bonchev–Trinajstić information content (AvgIpc) is 3.33. The molecule has 0 radical (unpaired) electrons.